The minimum Gasteiger partial charge on any atom is -0.364 e. The third-order valence-corrected chi connectivity index (χ3v) is 3.38. The molecule has 3 aromatic rings. The number of hydrogen-bond acceptors (Lipinski definition) is 4. The molecular formula is C15H14FN5O2. The first kappa shape index (κ1) is 14.9. The van der Waals surface area contributed by atoms with Crippen LogP contribution in [0, 0.1) is 5.82 Å². The van der Waals surface area contributed by atoms with Gasteiger partial charge in [0.2, 0.25) is 0 Å². The first-order chi connectivity index (χ1) is 11.0. The number of benzene rings is 1. The number of amides is 1. The van der Waals surface area contributed by atoms with Crippen LogP contribution in [0.15, 0.2) is 29.1 Å². The highest BCUT2D eigenvalue weighted by atomic mass is 19.1. The van der Waals surface area contributed by atoms with E-state index in [4.69, 9.17) is 5.73 Å². The van der Waals surface area contributed by atoms with Gasteiger partial charge in [0.15, 0.2) is 11.3 Å². The summed E-state index contributed by atoms with van der Waals surface area (Å²) in [5.74, 6) is -0.985. The SMILES string of the molecule is CCCc1nc(C(N)=O)c2[nH]c(=O)n(-c3ccccc3F)c2n1. The minimum absolute atomic E-state index is 0.0420. The number of imidazole rings is 1. The van der Waals surface area contributed by atoms with Gasteiger partial charge in [-0.25, -0.2) is 23.7 Å². The normalized spacial score (nSPS) is 11.0. The van der Waals surface area contributed by atoms with E-state index in [9.17, 15) is 14.0 Å². The predicted octanol–water partition coefficient (Wildman–Crippen LogP) is 1.30. The number of H-pyrrole nitrogens is 1. The van der Waals surface area contributed by atoms with Gasteiger partial charge in [0.05, 0.1) is 5.69 Å². The Bertz CT molecular complexity index is 960. The van der Waals surface area contributed by atoms with Crippen LogP contribution in [-0.4, -0.2) is 25.4 Å². The van der Waals surface area contributed by atoms with E-state index in [0.29, 0.717) is 12.2 Å². The topological polar surface area (TPSA) is 107 Å². The van der Waals surface area contributed by atoms with Gasteiger partial charge in [0, 0.05) is 6.42 Å². The van der Waals surface area contributed by atoms with Crippen molar-refractivity contribution >= 4 is 17.1 Å². The third-order valence-electron chi connectivity index (χ3n) is 3.38. The van der Waals surface area contributed by atoms with Crippen LogP contribution >= 0.6 is 0 Å². The number of nitrogens with two attached hydrogens (primary N) is 1. The number of nitrogens with one attached hydrogen (secondary N) is 1. The Morgan fingerprint density at radius 2 is 2.09 bits per heavy atom. The highest BCUT2D eigenvalue weighted by Gasteiger charge is 2.20. The summed E-state index contributed by atoms with van der Waals surface area (Å²) in [7, 11) is 0. The summed E-state index contributed by atoms with van der Waals surface area (Å²) in [5, 5.41) is 0. The molecule has 0 fully saturated rings. The van der Waals surface area contributed by atoms with Crippen molar-refractivity contribution in [1.82, 2.24) is 19.5 Å². The Labute approximate surface area is 130 Å². The standard InChI is InChI=1S/C15H14FN5O2/c1-2-5-10-18-11(13(17)22)12-14(19-10)21(15(23)20-12)9-7-4-3-6-8(9)16/h3-4,6-7H,2,5H2,1H3,(H2,17,22)(H,20,23). The van der Waals surface area contributed by atoms with Gasteiger partial charge in [0.25, 0.3) is 5.91 Å². The molecule has 0 aliphatic heterocycles. The molecule has 8 heteroatoms. The number of hydrogen-bond donors (Lipinski definition) is 2. The Morgan fingerprint density at radius 1 is 1.35 bits per heavy atom. The van der Waals surface area contributed by atoms with Crippen LogP contribution in [0.25, 0.3) is 16.9 Å². The molecule has 118 valence electrons. The molecule has 2 aromatic heterocycles. The molecule has 0 aliphatic rings. The van der Waals surface area contributed by atoms with Crippen LogP contribution < -0.4 is 11.4 Å². The zero-order valence-corrected chi connectivity index (χ0v) is 12.3. The van der Waals surface area contributed by atoms with Crippen molar-refractivity contribution in [3.8, 4) is 5.69 Å². The number of aromatic nitrogens is 4. The van der Waals surface area contributed by atoms with Gasteiger partial charge >= 0.3 is 5.69 Å². The molecular weight excluding hydrogens is 301 g/mol. The fraction of sp³-hybridized carbons (Fsp3) is 0.200. The Hall–Kier alpha value is -3.03. The van der Waals surface area contributed by atoms with E-state index in [0.717, 1.165) is 11.0 Å². The molecule has 7 nitrogen and oxygen atoms in total. The lowest BCUT2D eigenvalue weighted by molar-refractivity contribution is 0.0996. The summed E-state index contributed by atoms with van der Waals surface area (Å²) in [5.41, 5.74) is 4.92. The molecule has 1 aromatic carbocycles. The maximum Gasteiger partial charge on any atom is 0.332 e. The molecule has 23 heavy (non-hydrogen) atoms. The number of aryl methyl sites for hydroxylation is 1. The molecule has 0 spiro atoms. The van der Waals surface area contributed by atoms with E-state index < -0.39 is 17.4 Å². The summed E-state index contributed by atoms with van der Waals surface area (Å²) in [6.07, 6.45) is 1.25. The molecule has 0 saturated heterocycles. The first-order valence-electron chi connectivity index (χ1n) is 7.09. The lowest BCUT2D eigenvalue weighted by Crippen LogP contribution is -2.16. The van der Waals surface area contributed by atoms with Crippen molar-refractivity contribution in [3.05, 3.63) is 52.1 Å². The number of halogens is 1. The van der Waals surface area contributed by atoms with Crippen LogP contribution in [0.5, 0.6) is 0 Å². The van der Waals surface area contributed by atoms with Crippen LogP contribution in [0.2, 0.25) is 0 Å². The maximum atomic E-state index is 14.1. The van der Waals surface area contributed by atoms with Crippen molar-refractivity contribution in [3.63, 3.8) is 0 Å². The molecule has 2 heterocycles. The Balaban J connectivity index is 2.40. The van der Waals surface area contributed by atoms with E-state index in [1.54, 1.807) is 6.07 Å². The van der Waals surface area contributed by atoms with Gasteiger partial charge in [-0.15, -0.1) is 0 Å². The highest BCUT2D eigenvalue weighted by molar-refractivity contribution is 6.01. The van der Waals surface area contributed by atoms with Crippen LogP contribution in [0.4, 0.5) is 4.39 Å². The van der Waals surface area contributed by atoms with Crippen molar-refractivity contribution in [2.75, 3.05) is 0 Å². The van der Waals surface area contributed by atoms with E-state index in [1.807, 2.05) is 6.92 Å². The van der Waals surface area contributed by atoms with Gasteiger partial charge in [-0.3, -0.25) is 4.79 Å². The number of primary amides is 1. The largest absolute Gasteiger partial charge is 0.364 e. The molecule has 0 unspecified atom stereocenters. The molecule has 0 bridgehead atoms. The molecule has 0 atom stereocenters. The van der Waals surface area contributed by atoms with Gasteiger partial charge < -0.3 is 10.7 Å². The van der Waals surface area contributed by atoms with E-state index in [2.05, 4.69) is 15.0 Å². The zero-order valence-electron chi connectivity index (χ0n) is 12.3. The number of para-hydroxylation sites is 1. The van der Waals surface area contributed by atoms with Crippen LogP contribution in [0.1, 0.15) is 29.7 Å². The molecule has 1 amide bonds. The minimum atomic E-state index is -0.781. The van der Waals surface area contributed by atoms with Crippen molar-refractivity contribution in [2.24, 2.45) is 5.73 Å². The van der Waals surface area contributed by atoms with Gasteiger partial charge in [-0.2, -0.15) is 0 Å². The molecule has 3 rings (SSSR count). The number of carbonyl (C=O) groups is 1. The second-order valence-corrected chi connectivity index (χ2v) is 5.02. The third kappa shape index (κ3) is 2.48. The smallest absolute Gasteiger partial charge is 0.332 e. The lowest BCUT2D eigenvalue weighted by Gasteiger charge is -2.06. The van der Waals surface area contributed by atoms with Gasteiger partial charge in [0.1, 0.15) is 17.2 Å². The quantitative estimate of drug-likeness (QED) is 0.756. The second kappa shape index (κ2) is 5.64. The average molecular weight is 315 g/mol. The lowest BCUT2D eigenvalue weighted by atomic mass is 10.2. The molecule has 0 aliphatic carbocycles. The first-order valence-corrected chi connectivity index (χ1v) is 7.09. The predicted molar refractivity (Wildman–Crippen MR) is 82.0 cm³/mol. The Morgan fingerprint density at radius 3 is 2.74 bits per heavy atom. The second-order valence-electron chi connectivity index (χ2n) is 5.02. The number of rotatable bonds is 4. The van der Waals surface area contributed by atoms with Crippen LogP contribution in [0.3, 0.4) is 0 Å². The summed E-state index contributed by atoms with van der Waals surface area (Å²) >= 11 is 0. The number of fused-ring (bicyclic) bond motifs is 1. The summed E-state index contributed by atoms with van der Waals surface area (Å²) in [6, 6.07) is 5.82. The van der Waals surface area contributed by atoms with E-state index in [-0.39, 0.29) is 22.5 Å². The van der Waals surface area contributed by atoms with Crippen molar-refractivity contribution in [2.45, 2.75) is 19.8 Å². The van der Waals surface area contributed by atoms with Gasteiger partial charge in [-0.05, 0) is 18.6 Å². The summed E-state index contributed by atoms with van der Waals surface area (Å²) in [6.45, 7) is 1.93. The monoisotopic (exact) mass is 315 g/mol. The van der Waals surface area contributed by atoms with Crippen molar-refractivity contribution < 1.29 is 9.18 Å². The average Bonchev–Trinajstić information content (AvgIpc) is 2.83. The van der Waals surface area contributed by atoms with E-state index >= 15 is 0 Å². The fourth-order valence-electron chi connectivity index (χ4n) is 2.40. The molecule has 0 saturated carbocycles. The van der Waals surface area contributed by atoms with E-state index in [1.165, 1.54) is 18.2 Å². The number of aromatic amines is 1. The highest BCUT2D eigenvalue weighted by Crippen LogP contribution is 2.18. The van der Waals surface area contributed by atoms with Crippen molar-refractivity contribution in [1.29, 1.82) is 0 Å². The molecule has 3 N–H and O–H groups in total. The number of carbonyl (C=O) groups excluding carboxylic acids is 1. The summed E-state index contributed by atoms with van der Waals surface area (Å²) in [4.78, 5) is 34.8. The Kier molecular flexibility index (Phi) is 3.65. The number of nitrogens with zero attached hydrogens (tertiary/aromatic N) is 3. The molecule has 0 radical (unpaired) electrons. The zero-order chi connectivity index (χ0) is 16.6. The fourth-order valence-corrected chi connectivity index (χ4v) is 2.40. The summed E-state index contributed by atoms with van der Waals surface area (Å²) < 4.78 is 15.1. The maximum absolute atomic E-state index is 14.1. The van der Waals surface area contributed by atoms with Crippen LogP contribution in [-0.2, 0) is 6.42 Å². The van der Waals surface area contributed by atoms with Gasteiger partial charge in [-0.1, -0.05) is 19.1 Å².